The van der Waals surface area contributed by atoms with Crippen LogP contribution in [0.1, 0.15) is 47.0 Å². The van der Waals surface area contributed by atoms with Gasteiger partial charge in [-0.15, -0.1) is 0 Å². The van der Waals surface area contributed by atoms with E-state index in [4.69, 9.17) is 9.47 Å². The van der Waals surface area contributed by atoms with Crippen LogP contribution in [-0.2, 0) is 14.3 Å². The third-order valence-corrected chi connectivity index (χ3v) is 3.76. The first kappa shape index (κ1) is 14.9. The van der Waals surface area contributed by atoms with Gasteiger partial charge in [-0.2, -0.15) is 0 Å². The normalized spacial score (nSPS) is 22.2. The fraction of sp³-hybridized carbons (Fsp3) is 0.733. The lowest BCUT2D eigenvalue weighted by molar-refractivity contribution is -0.137. The van der Waals surface area contributed by atoms with Crippen LogP contribution in [0.2, 0.25) is 0 Å². The van der Waals surface area contributed by atoms with Gasteiger partial charge in [0.15, 0.2) is 0 Å². The fourth-order valence-electron chi connectivity index (χ4n) is 2.69. The molecule has 0 aromatic rings. The molecule has 0 unspecified atom stereocenters. The maximum absolute atomic E-state index is 12.1. The van der Waals surface area contributed by atoms with E-state index < -0.39 is 5.60 Å². The van der Waals surface area contributed by atoms with Gasteiger partial charge in [-0.3, -0.25) is 4.90 Å². The number of hydrogen-bond acceptors (Lipinski definition) is 4. The topological polar surface area (TPSA) is 55.8 Å². The molecule has 20 heavy (non-hydrogen) atoms. The van der Waals surface area contributed by atoms with Gasteiger partial charge in [0.25, 0.3) is 0 Å². The molecule has 1 aliphatic carbocycles. The van der Waals surface area contributed by atoms with Gasteiger partial charge in [-0.25, -0.2) is 9.59 Å². The van der Waals surface area contributed by atoms with Gasteiger partial charge in [0.05, 0.1) is 6.61 Å². The Labute approximate surface area is 119 Å². The maximum atomic E-state index is 12.1. The molecule has 1 aliphatic heterocycles. The predicted molar refractivity (Wildman–Crippen MR) is 73.9 cm³/mol. The highest BCUT2D eigenvalue weighted by atomic mass is 16.6. The molecule has 0 aromatic heterocycles. The van der Waals surface area contributed by atoms with E-state index in [1.54, 1.807) is 11.8 Å². The Balaban J connectivity index is 2.10. The van der Waals surface area contributed by atoms with Crippen molar-refractivity contribution in [3.05, 3.63) is 11.8 Å². The first-order chi connectivity index (χ1) is 9.27. The highest BCUT2D eigenvalue weighted by molar-refractivity contribution is 5.85. The van der Waals surface area contributed by atoms with Crippen molar-refractivity contribution in [1.82, 2.24) is 4.90 Å². The van der Waals surface area contributed by atoms with Gasteiger partial charge in [0, 0.05) is 23.7 Å². The molecule has 1 amide bonds. The lowest BCUT2D eigenvalue weighted by Crippen LogP contribution is -2.60. The average Bonchev–Trinajstić information content (AvgIpc) is 2.20. The Hall–Kier alpha value is -1.52. The van der Waals surface area contributed by atoms with Crippen molar-refractivity contribution >= 4 is 12.1 Å². The van der Waals surface area contributed by atoms with Crippen LogP contribution in [0.15, 0.2) is 11.8 Å². The van der Waals surface area contributed by atoms with E-state index in [-0.39, 0.29) is 17.5 Å². The minimum atomic E-state index is -0.533. The molecule has 2 fully saturated rings. The molecule has 0 atom stereocenters. The van der Waals surface area contributed by atoms with Gasteiger partial charge in [-0.05, 0) is 40.5 Å². The molecule has 112 valence electrons. The van der Waals surface area contributed by atoms with E-state index in [2.05, 4.69) is 0 Å². The van der Waals surface area contributed by atoms with Gasteiger partial charge >= 0.3 is 12.1 Å². The predicted octanol–water partition coefficient (Wildman–Crippen LogP) is 2.85. The van der Waals surface area contributed by atoms with Crippen molar-refractivity contribution in [2.24, 2.45) is 5.41 Å². The fourth-order valence-corrected chi connectivity index (χ4v) is 2.69. The first-order valence-electron chi connectivity index (χ1n) is 7.17. The van der Waals surface area contributed by atoms with Gasteiger partial charge < -0.3 is 9.47 Å². The van der Waals surface area contributed by atoms with E-state index in [0.29, 0.717) is 13.2 Å². The molecule has 0 N–H and O–H groups in total. The molecule has 5 heteroatoms. The van der Waals surface area contributed by atoms with Gasteiger partial charge in [-0.1, -0.05) is 6.42 Å². The minimum absolute atomic E-state index is 0.00364. The summed E-state index contributed by atoms with van der Waals surface area (Å²) in [5, 5.41) is 0. The third-order valence-electron chi connectivity index (χ3n) is 3.76. The highest BCUT2D eigenvalue weighted by Gasteiger charge is 2.55. The molecule has 0 bridgehead atoms. The third kappa shape index (κ3) is 2.81. The Morgan fingerprint density at radius 1 is 1.35 bits per heavy atom. The number of amides is 1. The average molecular weight is 281 g/mol. The standard InChI is InChI=1S/C15H23NO4/c1-5-19-12(17)9-11-15(7-6-8-15)10-16(11)13(18)20-14(2,3)4/h9H,5-8,10H2,1-4H3/b11-9-. The molecular formula is C15H23NO4. The second kappa shape index (κ2) is 5.11. The molecule has 0 radical (unpaired) electrons. The Bertz CT molecular complexity index is 443. The summed E-state index contributed by atoms with van der Waals surface area (Å²) in [6.07, 6.45) is 4.26. The van der Waals surface area contributed by atoms with E-state index in [1.807, 2.05) is 20.8 Å². The van der Waals surface area contributed by atoms with E-state index in [1.165, 1.54) is 6.08 Å². The van der Waals surface area contributed by atoms with Crippen LogP contribution in [0.5, 0.6) is 0 Å². The van der Waals surface area contributed by atoms with Crippen molar-refractivity contribution in [1.29, 1.82) is 0 Å². The molecule has 5 nitrogen and oxygen atoms in total. The zero-order chi connectivity index (χ0) is 15.0. The van der Waals surface area contributed by atoms with Gasteiger partial charge in [0.2, 0.25) is 0 Å². The smallest absolute Gasteiger partial charge is 0.414 e. The molecule has 1 spiro atoms. The van der Waals surface area contributed by atoms with Crippen LogP contribution in [0, 0.1) is 5.41 Å². The van der Waals surface area contributed by atoms with Crippen LogP contribution in [0.25, 0.3) is 0 Å². The van der Waals surface area contributed by atoms with Crippen LogP contribution in [-0.4, -0.2) is 35.7 Å². The van der Waals surface area contributed by atoms with E-state index in [0.717, 1.165) is 25.0 Å². The molecular weight excluding hydrogens is 258 g/mol. The molecule has 1 heterocycles. The number of carbonyl (C=O) groups is 2. The van der Waals surface area contributed by atoms with Crippen LogP contribution in [0.4, 0.5) is 4.79 Å². The molecule has 2 aliphatic rings. The minimum Gasteiger partial charge on any atom is -0.463 e. The van der Waals surface area contributed by atoms with E-state index in [9.17, 15) is 9.59 Å². The molecule has 2 rings (SSSR count). The monoisotopic (exact) mass is 281 g/mol. The summed E-state index contributed by atoms with van der Waals surface area (Å²) in [7, 11) is 0. The number of esters is 1. The summed E-state index contributed by atoms with van der Waals surface area (Å²) in [5.41, 5.74) is 0.231. The number of nitrogens with zero attached hydrogens (tertiary/aromatic N) is 1. The van der Waals surface area contributed by atoms with Crippen LogP contribution in [0.3, 0.4) is 0 Å². The maximum Gasteiger partial charge on any atom is 0.414 e. The Morgan fingerprint density at radius 3 is 2.45 bits per heavy atom. The summed E-state index contributed by atoms with van der Waals surface area (Å²) in [6, 6.07) is 0. The number of rotatable bonds is 2. The molecule has 1 saturated carbocycles. The van der Waals surface area contributed by atoms with Crippen molar-refractivity contribution < 1.29 is 19.1 Å². The lowest BCUT2D eigenvalue weighted by atomic mass is 9.61. The number of ether oxygens (including phenoxy) is 2. The molecule has 0 aromatic carbocycles. The van der Waals surface area contributed by atoms with Crippen molar-refractivity contribution in [2.45, 2.75) is 52.6 Å². The van der Waals surface area contributed by atoms with Crippen molar-refractivity contribution in [3.8, 4) is 0 Å². The highest BCUT2D eigenvalue weighted by Crippen LogP contribution is 2.56. The zero-order valence-electron chi connectivity index (χ0n) is 12.7. The Morgan fingerprint density at radius 2 is 2.00 bits per heavy atom. The van der Waals surface area contributed by atoms with Gasteiger partial charge in [0.1, 0.15) is 5.60 Å². The summed E-state index contributed by atoms with van der Waals surface area (Å²) < 4.78 is 10.3. The summed E-state index contributed by atoms with van der Waals surface area (Å²) in [4.78, 5) is 25.3. The zero-order valence-corrected chi connectivity index (χ0v) is 12.7. The quantitative estimate of drug-likeness (QED) is 0.577. The van der Waals surface area contributed by atoms with Crippen molar-refractivity contribution in [2.75, 3.05) is 13.2 Å². The largest absolute Gasteiger partial charge is 0.463 e. The SMILES string of the molecule is CCOC(=O)/C=C1\N(C(=O)OC(C)(C)C)CC12CCC2. The first-order valence-corrected chi connectivity index (χ1v) is 7.17. The second-order valence-electron chi connectivity index (χ2n) is 6.48. The summed E-state index contributed by atoms with van der Waals surface area (Å²) >= 11 is 0. The van der Waals surface area contributed by atoms with Crippen LogP contribution >= 0.6 is 0 Å². The van der Waals surface area contributed by atoms with Crippen molar-refractivity contribution in [3.63, 3.8) is 0 Å². The lowest BCUT2D eigenvalue weighted by Gasteiger charge is -2.57. The molecule has 1 saturated heterocycles. The van der Waals surface area contributed by atoms with E-state index >= 15 is 0 Å². The second-order valence-corrected chi connectivity index (χ2v) is 6.48. The summed E-state index contributed by atoms with van der Waals surface area (Å²) in [6.45, 7) is 8.24. The number of carbonyl (C=O) groups excluding carboxylic acids is 2. The number of likely N-dealkylation sites (tertiary alicyclic amines) is 1. The Kier molecular flexibility index (Phi) is 3.80. The van der Waals surface area contributed by atoms with Crippen LogP contribution < -0.4 is 0 Å². The summed E-state index contributed by atoms with van der Waals surface area (Å²) in [5.74, 6) is -0.387. The number of hydrogen-bond donors (Lipinski definition) is 0.